The summed E-state index contributed by atoms with van der Waals surface area (Å²) in [5.74, 6) is 1.59. The molecule has 1 fully saturated rings. The van der Waals surface area contributed by atoms with E-state index in [-0.39, 0.29) is 5.95 Å². The van der Waals surface area contributed by atoms with Crippen LogP contribution < -0.4 is 16.4 Å². The Morgan fingerprint density at radius 1 is 1.32 bits per heavy atom. The molecule has 4 N–H and O–H groups in total. The Morgan fingerprint density at radius 3 is 2.92 bits per heavy atom. The van der Waals surface area contributed by atoms with Crippen molar-refractivity contribution in [3.05, 3.63) is 40.4 Å². The molecule has 9 heteroatoms. The number of nitrogens with zero attached hydrogens (tertiary/aromatic N) is 5. The first-order valence-electron chi connectivity index (χ1n) is 8.26. The molecule has 4 heterocycles. The normalized spacial score (nSPS) is 17.7. The maximum Gasteiger partial charge on any atom is 0.219 e. The van der Waals surface area contributed by atoms with Gasteiger partial charge in [0.05, 0.1) is 16.4 Å². The van der Waals surface area contributed by atoms with Crippen LogP contribution in [0.5, 0.6) is 0 Å². The topological polar surface area (TPSA) is 106 Å². The van der Waals surface area contributed by atoms with Gasteiger partial charge in [0.2, 0.25) is 5.95 Å². The van der Waals surface area contributed by atoms with E-state index < -0.39 is 0 Å². The number of nitrogens with two attached hydrogens (primary N) is 1. The molecule has 25 heavy (non-hydrogen) atoms. The maximum atomic E-state index is 5.54. The predicted molar refractivity (Wildman–Crippen MR) is 99.3 cm³/mol. The van der Waals surface area contributed by atoms with Gasteiger partial charge in [-0.15, -0.1) is 0 Å². The van der Waals surface area contributed by atoms with Crippen molar-refractivity contribution in [3.8, 4) is 0 Å². The zero-order valence-electron chi connectivity index (χ0n) is 13.6. The summed E-state index contributed by atoms with van der Waals surface area (Å²) < 4.78 is 2.69. The molecule has 0 spiro atoms. The summed E-state index contributed by atoms with van der Waals surface area (Å²) in [5, 5.41) is 11.3. The molecule has 0 bridgehead atoms. The quantitative estimate of drug-likeness (QED) is 0.611. The predicted octanol–water partition coefficient (Wildman–Crippen LogP) is 1.94. The number of halogens is 1. The summed E-state index contributed by atoms with van der Waals surface area (Å²) in [6.45, 7) is 2.62. The lowest BCUT2D eigenvalue weighted by Crippen LogP contribution is -2.29. The van der Waals surface area contributed by atoms with Crippen LogP contribution in [0.1, 0.15) is 30.0 Å². The first-order valence-corrected chi connectivity index (χ1v) is 9.05. The highest BCUT2D eigenvalue weighted by Crippen LogP contribution is 2.27. The van der Waals surface area contributed by atoms with E-state index in [9.17, 15) is 0 Å². The van der Waals surface area contributed by atoms with Gasteiger partial charge >= 0.3 is 0 Å². The van der Waals surface area contributed by atoms with Crippen molar-refractivity contribution in [2.45, 2.75) is 25.3 Å². The highest BCUT2D eigenvalue weighted by Gasteiger charge is 2.19. The third-order valence-corrected chi connectivity index (χ3v) is 4.92. The van der Waals surface area contributed by atoms with Crippen molar-refractivity contribution in [2.75, 3.05) is 24.1 Å². The molecule has 1 atom stereocenters. The number of nitrogens with one attached hydrogen (secondary N) is 2. The van der Waals surface area contributed by atoms with Gasteiger partial charge in [0, 0.05) is 43.0 Å². The van der Waals surface area contributed by atoms with Crippen molar-refractivity contribution in [2.24, 2.45) is 0 Å². The average Bonchev–Trinajstić information content (AvgIpc) is 3.03. The minimum absolute atomic E-state index is 0.276. The zero-order chi connectivity index (χ0) is 17.2. The number of aromatic nitrogens is 5. The lowest BCUT2D eigenvalue weighted by molar-refractivity contribution is 0.455. The summed E-state index contributed by atoms with van der Waals surface area (Å²) in [4.78, 5) is 12.9. The van der Waals surface area contributed by atoms with E-state index in [1.165, 1.54) is 6.42 Å². The third-order valence-electron chi connectivity index (χ3n) is 4.36. The van der Waals surface area contributed by atoms with Crippen LogP contribution >= 0.6 is 15.9 Å². The molecular weight excluding hydrogens is 384 g/mol. The number of hydrogen-bond acceptors (Lipinski definition) is 7. The van der Waals surface area contributed by atoms with Gasteiger partial charge in [0.1, 0.15) is 5.82 Å². The van der Waals surface area contributed by atoms with Gasteiger partial charge in [-0.1, -0.05) is 0 Å². The van der Waals surface area contributed by atoms with E-state index in [0.717, 1.165) is 46.7 Å². The summed E-state index contributed by atoms with van der Waals surface area (Å²) in [6, 6.07) is 2.09. The van der Waals surface area contributed by atoms with Crippen molar-refractivity contribution >= 4 is 33.3 Å². The minimum Gasteiger partial charge on any atom is -0.368 e. The molecule has 0 aliphatic carbocycles. The Morgan fingerprint density at radius 2 is 2.16 bits per heavy atom. The molecule has 3 aromatic heterocycles. The summed E-state index contributed by atoms with van der Waals surface area (Å²) in [5.41, 5.74) is 8.39. The number of rotatable bonds is 4. The average molecular weight is 403 g/mol. The van der Waals surface area contributed by atoms with Crippen molar-refractivity contribution < 1.29 is 0 Å². The standard InChI is InChI=1S/C16H19BrN8/c17-12-9-23-25-14(20-5-10-6-21-16(18)22-7-10)4-13(24-15(12)25)11-2-1-3-19-8-11/h4,6-7,9,11,19-20H,1-3,5,8H2,(H2,18,21,22). The SMILES string of the molecule is Nc1ncc(CNc2cc(C3CCCNC3)nc3c(Br)cnn23)cn1. The smallest absolute Gasteiger partial charge is 0.219 e. The van der Waals surface area contributed by atoms with Crippen molar-refractivity contribution in [1.29, 1.82) is 0 Å². The monoisotopic (exact) mass is 402 g/mol. The fourth-order valence-corrected chi connectivity index (χ4v) is 3.39. The Balaban J connectivity index is 1.64. The molecular formula is C16H19BrN8. The van der Waals surface area contributed by atoms with Gasteiger partial charge in [0.25, 0.3) is 0 Å². The lowest BCUT2D eigenvalue weighted by Gasteiger charge is -2.23. The maximum absolute atomic E-state index is 5.54. The van der Waals surface area contributed by atoms with E-state index in [0.29, 0.717) is 12.5 Å². The van der Waals surface area contributed by atoms with E-state index in [2.05, 4.69) is 47.7 Å². The van der Waals surface area contributed by atoms with E-state index in [4.69, 9.17) is 10.7 Å². The van der Waals surface area contributed by atoms with Crippen molar-refractivity contribution in [3.63, 3.8) is 0 Å². The van der Waals surface area contributed by atoms with E-state index in [1.807, 2.05) is 4.52 Å². The fraction of sp³-hybridized carbons (Fsp3) is 0.375. The van der Waals surface area contributed by atoms with E-state index >= 15 is 0 Å². The van der Waals surface area contributed by atoms with Gasteiger partial charge in [-0.05, 0) is 35.3 Å². The Labute approximate surface area is 153 Å². The van der Waals surface area contributed by atoms with Crippen LogP contribution in [0.4, 0.5) is 11.8 Å². The van der Waals surface area contributed by atoms with Crippen LogP contribution in [0.15, 0.2) is 29.1 Å². The largest absolute Gasteiger partial charge is 0.368 e. The Kier molecular flexibility index (Phi) is 4.50. The third kappa shape index (κ3) is 3.42. The number of anilines is 2. The lowest BCUT2D eigenvalue weighted by atomic mass is 9.96. The summed E-state index contributed by atoms with van der Waals surface area (Å²) >= 11 is 3.54. The van der Waals surface area contributed by atoms with Gasteiger partial charge in [-0.3, -0.25) is 0 Å². The number of nitrogen functional groups attached to an aromatic ring is 1. The van der Waals surface area contributed by atoms with Gasteiger partial charge in [0.15, 0.2) is 5.65 Å². The second-order valence-corrected chi connectivity index (χ2v) is 6.99. The molecule has 0 saturated carbocycles. The molecule has 1 saturated heterocycles. The fourth-order valence-electron chi connectivity index (χ4n) is 3.04. The number of hydrogen-bond donors (Lipinski definition) is 3. The first kappa shape index (κ1) is 16.2. The van der Waals surface area contributed by atoms with E-state index in [1.54, 1.807) is 18.6 Å². The molecule has 1 unspecified atom stereocenters. The van der Waals surface area contributed by atoms with Crippen LogP contribution in [0.25, 0.3) is 5.65 Å². The second-order valence-electron chi connectivity index (χ2n) is 6.14. The highest BCUT2D eigenvalue weighted by atomic mass is 79.9. The van der Waals surface area contributed by atoms with Crippen LogP contribution in [0.3, 0.4) is 0 Å². The molecule has 0 amide bonds. The number of piperidine rings is 1. The Bertz CT molecular complexity index is 870. The Hall–Kier alpha value is -2.26. The van der Waals surface area contributed by atoms with Gasteiger partial charge < -0.3 is 16.4 Å². The second kappa shape index (κ2) is 6.93. The molecule has 1 aliphatic heterocycles. The zero-order valence-corrected chi connectivity index (χ0v) is 15.2. The summed E-state index contributed by atoms with van der Waals surface area (Å²) in [7, 11) is 0. The van der Waals surface area contributed by atoms with Crippen LogP contribution in [0, 0.1) is 0 Å². The molecule has 8 nitrogen and oxygen atoms in total. The molecule has 1 aliphatic rings. The van der Waals surface area contributed by atoms with Gasteiger partial charge in [-0.25, -0.2) is 15.0 Å². The van der Waals surface area contributed by atoms with Gasteiger partial charge in [-0.2, -0.15) is 9.61 Å². The molecule has 0 radical (unpaired) electrons. The first-order chi connectivity index (χ1) is 12.2. The highest BCUT2D eigenvalue weighted by molar-refractivity contribution is 9.10. The van der Waals surface area contributed by atoms with Crippen LogP contribution in [0.2, 0.25) is 0 Å². The van der Waals surface area contributed by atoms with Crippen molar-refractivity contribution in [1.82, 2.24) is 29.9 Å². The number of fused-ring (bicyclic) bond motifs is 1. The summed E-state index contributed by atoms with van der Waals surface area (Å²) in [6.07, 6.45) is 7.52. The molecule has 0 aromatic carbocycles. The van der Waals surface area contributed by atoms with Crippen LogP contribution in [-0.4, -0.2) is 37.7 Å². The van der Waals surface area contributed by atoms with Crippen LogP contribution in [-0.2, 0) is 6.54 Å². The minimum atomic E-state index is 0.276. The molecule has 3 aromatic rings. The molecule has 130 valence electrons. The molecule has 4 rings (SSSR count).